The Kier molecular flexibility index (Phi) is 3.99. The fourth-order valence-corrected chi connectivity index (χ4v) is 1.72. The molecule has 0 aliphatic carbocycles. The Labute approximate surface area is 114 Å². The Balaban J connectivity index is 2.26. The molecule has 0 bridgehead atoms. The molecule has 0 saturated heterocycles. The number of nitro benzene ring substituents is 1. The molecule has 2 rings (SSSR count). The topological polar surface area (TPSA) is 97.4 Å². The van der Waals surface area contributed by atoms with Gasteiger partial charge in [0.05, 0.1) is 17.7 Å². The first kappa shape index (κ1) is 13.6. The van der Waals surface area contributed by atoms with Crippen LogP contribution in [0.2, 0.25) is 0 Å². The zero-order valence-corrected chi connectivity index (χ0v) is 10.8. The molecule has 7 nitrogen and oxygen atoms in total. The Bertz CT molecular complexity index is 623. The molecule has 0 saturated carbocycles. The molecule has 20 heavy (non-hydrogen) atoms. The maximum absolute atomic E-state index is 11.6. The molecule has 0 spiro atoms. The van der Waals surface area contributed by atoms with E-state index >= 15 is 0 Å². The first-order chi connectivity index (χ1) is 9.61. The summed E-state index contributed by atoms with van der Waals surface area (Å²) in [4.78, 5) is 22.0. The molecule has 0 radical (unpaired) electrons. The second kappa shape index (κ2) is 5.87. The van der Waals surface area contributed by atoms with Gasteiger partial charge in [0.15, 0.2) is 0 Å². The Hall–Kier alpha value is -2.83. The fraction of sp³-hybridized carbons (Fsp3) is 0.154. The van der Waals surface area contributed by atoms with Crippen molar-refractivity contribution in [3.05, 3.63) is 58.0 Å². The average Bonchev–Trinajstić information content (AvgIpc) is 2.97. The predicted molar refractivity (Wildman–Crippen MR) is 72.5 cm³/mol. The largest absolute Gasteiger partial charge is 0.467 e. The lowest BCUT2D eigenvalue weighted by molar-refractivity contribution is -0.384. The molecule has 7 heteroatoms. The van der Waals surface area contributed by atoms with Crippen LogP contribution in [0.15, 0.2) is 41.0 Å². The first-order valence-corrected chi connectivity index (χ1v) is 5.88. The third kappa shape index (κ3) is 2.94. The van der Waals surface area contributed by atoms with E-state index in [0.29, 0.717) is 17.9 Å². The summed E-state index contributed by atoms with van der Waals surface area (Å²) in [6, 6.07) is 7.64. The maximum Gasteiger partial charge on any atom is 0.292 e. The number of nitrogens with one attached hydrogen (secondary N) is 2. The van der Waals surface area contributed by atoms with Gasteiger partial charge in [-0.3, -0.25) is 14.9 Å². The number of carbonyl (C=O) groups excluding carboxylic acids is 1. The lowest BCUT2D eigenvalue weighted by Gasteiger charge is -2.07. The van der Waals surface area contributed by atoms with Crippen LogP contribution < -0.4 is 10.6 Å². The van der Waals surface area contributed by atoms with Crippen LogP contribution in [0.3, 0.4) is 0 Å². The predicted octanol–water partition coefficient (Wildman–Crippen LogP) is 2.16. The number of carbonyl (C=O) groups is 1. The van der Waals surface area contributed by atoms with Gasteiger partial charge in [0.2, 0.25) is 0 Å². The van der Waals surface area contributed by atoms with Crippen molar-refractivity contribution in [2.75, 3.05) is 12.4 Å². The summed E-state index contributed by atoms with van der Waals surface area (Å²) in [5, 5.41) is 16.3. The maximum atomic E-state index is 11.6. The van der Waals surface area contributed by atoms with Gasteiger partial charge in [0.1, 0.15) is 11.4 Å². The van der Waals surface area contributed by atoms with E-state index in [4.69, 9.17) is 4.42 Å². The van der Waals surface area contributed by atoms with Crippen molar-refractivity contribution in [3.8, 4) is 0 Å². The van der Waals surface area contributed by atoms with Crippen LogP contribution in [0.5, 0.6) is 0 Å². The number of anilines is 1. The average molecular weight is 275 g/mol. The van der Waals surface area contributed by atoms with Gasteiger partial charge in [0.25, 0.3) is 11.6 Å². The lowest BCUT2D eigenvalue weighted by atomic mass is 10.1. The monoisotopic (exact) mass is 275 g/mol. The van der Waals surface area contributed by atoms with Crippen molar-refractivity contribution in [2.45, 2.75) is 6.54 Å². The summed E-state index contributed by atoms with van der Waals surface area (Å²) in [5.74, 6) is 0.339. The normalized spacial score (nSPS) is 10.1. The summed E-state index contributed by atoms with van der Waals surface area (Å²) in [6.07, 6.45) is 1.52. The zero-order valence-electron chi connectivity index (χ0n) is 10.8. The molecular weight excluding hydrogens is 262 g/mol. The van der Waals surface area contributed by atoms with Crippen LogP contribution >= 0.6 is 0 Å². The van der Waals surface area contributed by atoms with Gasteiger partial charge < -0.3 is 15.1 Å². The molecule has 0 atom stereocenters. The zero-order chi connectivity index (χ0) is 14.5. The third-order valence-corrected chi connectivity index (χ3v) is 2.72. The van der Waals surface area contributed by atoms with Crippen molar-refractivity contribution in [1.29, 1.82) is 0 Å². The molecule has 1 aromatic heterocycles. The van der Waals surface area contributed by atoms with E-state index in [1.807, 2.05) is 0 Å². The number of hydrogen-bond donors (Lipinski definition) is 2. The molecule has 0 aliphatic heterocycles. The first-order valence-electron chi connectivity index (χ1n) is 5.88. The van der Waals surface area contributed by atoms with Crippen LogP contribution in [0.25, 0.3) is 0 Å². The highest BCUT2D eigenvalue weighted by Gasteiger charge is 2.16. The molecule has 1 amide bonds. The van der Waals surface area contributed by atoms with Gasteiger partial charge in [-0.2, -0.15) is 0 Å². The van der Waals surface area contributed by atoms with E-state index < -0.39 is 4.92 Å². The SMILES string of the molecule is CNC(=O)c1ccc([N+](=O)[O-])c(NCc2ccco2)c1. The number of furan rings is 1. The number of hydrogen-bond acceptors (Lipinski definition) is 5. The molecule has 0 aliphatic rings. The van der Waals surface area contributed by atoms with Crippen LogP contribution in [-0.4, -0.2) is 17.9 Å². The molecule has 2 N–H and O–H groups in total. The molecule has 0 fully saturated rings. The molecule has 1 aromatic carbocycles. The Morgan fingerprint density at radius 1 is 1.40 bits per heavy atom. The summed E-state index contributed by atoms with van der Waals surface area (Å²) in [5.41, 5.74) is 0.525. The van der Waals surface area contributed by atoms with Gasteiger partial charge in [-0.1, -0.05) is 0 Å². The molecule has 0 unspecified atom stereocenters. The van der Waals surface area contributed by atoms with Crippen molar-refractivity contribution < 1.29 is 14.1 Å². The second-order valence-electron chi connectivity index (χ2n) is 4.00. The van der Waals surface area contributed by atoms with Crippen LogP contribution in [0.1, 0.15) is 16.1 Å². The van der Waals surface area contributed by atoms with Crippen LogP contribution in [0.4, 0.5) is 11.4 Å². The summed E-state index contributed by atoms with van der Waals surface area (Å²) >= 11 is 0. The fourth-order valence-electron chi connectivity index (χ4n) is 1.72. The minimum atomic E-state index is -0.502. The van der Waals surface area contributed by atoms with Crippen LogP contribution in [0, 0.1) is 10.1 Å². The van der Waals surface area contributed by atoms with Gasteiger partial charge in [-0.25, -0.2) is 0 Å². The smallest absolute Gasteiger partial charge is 0.292 e. The van der Waals surface area contributed by atoms with E-state index in [1.165, 1.54) is 31.5 Å². The van der Waals surface area contributed by atoms with Crippen molar-refractivity contribution >= 4 is 17.3 Å². The number of nitro groups is 1. The van der Waals surface area contributed by atoms with E-state index in [2.05, 4.69) is 10.6 Å². The van der Waals surface area contributed by atoms with Crippen molar-refractivity contribution in [3.63, 3.8) is 0 Å². The standard InChI is InChI=1S/C13H13N3O4/c1-14-13(17)9-4-5-12(16(18)19)11(7-9)15-8-10-3-2-6-20-10/h2-7,15H,8H2,1H3,(H,14,17). The van der Waals surface area contributed by atoms with E-state index in [1.54, 1.807) is 12.1 Å². The number of amides is 1. The lowest BCUT2D eigenvalue weighted by Crippen LogP contribution is -2.18. The number of rotatable bonds is 5. The highest BCUT2D eigenvalue weighted by molar-refractivity contribution is 5.95. The highest BCUT2D eigenvalue weighted by atomic mass is 16.6. The van der Waals surface area contributed by atoms with E-state index in [-0.39, 0.29) is 17.3 Å². The molecule has 2 aromatic rings. The van der Waals surface area contributed by atoms with Crippen LogP contribution in [-0.2, 0) is 6.54 Å². The quantitative estimate of drug-likeness (QED) is 0.643. The van der Waals surface area contributed by atoms with Gasteiger partial charge in [-0.15, -0.1) is 0 Å². The Morgan fingerprint density at radius 2 is 2.20 bits per heavy atom. The summed E-state index contributed by atoms with van der Waals surface area (Å²) in [7, 11) is 1.50. The minimum Gasteiger partial charge on any atom is -0.467 e. The minimum absolute atomic E-state index is 0.0933. The van der Waals surface area contributed by atoms with E-state index in [0.717, 1.165) is 0 Å². The molecular formula is C13H13N3O4. The summed E-state index contributed by atoms with van der Waals surface area (Å²) in [6.45, 7) is 0.297. The molecule has 104 valence electrons. The van der Waals surface area contributed by atoms with Crippen molar-refractivity contribution in [2.24, 2.45) is 0 Å². The second-order valence-corrected chi connectivity index (χ2v) is 4.00. The number of benzene rings is 1. The third-order valence-electron chi connectivity index (χ3n) is 2.72. The number of nitrogens with zero attached hydrogens (tertiary/aromatic N) is 1. The molecule has 1 heterocycles. The van der Waals surface area contributed by atoms with Gasteiger partial charge in [0, 0.05) is 18.7 Å². The highest BCUT2D eigenvalue weighted by Crippen LogP contribution is 2.26. The van der Waals surface area contributed by atoms with Crippen molar-refractivity contribution in [1.82, 2.24) is 5.32 Å². The van der Waals surface area contributed by atoms with Gasteiger partial charge in [-0.05, 0) is 24.3 Å². The Morgan fingerprint density at radius 3 is 2.80 bits per heavy atom. The van der Waals surface area contributed by atoms with Gasteiger partial charge >= 0.3 is 0 Å². The summed E-state index contributed by atoms with van der Waals surface area (Å²) < 4.78 is 5.14. The van der Waals surface area contributed by atoms with E-state index in [9.17, 15) is 14.9 Å².